The maximum atomic E-state index is 11.4. The molecule has 3 aromatic carbocycles. The van der Waals surface area contributed by atoms with Crippen LogP contribution in [0.1, 0.15) is 30.0 Å². The molecule has 9 nitrogen and oxygen atoms in total. The number of aliphatic imine (C=N–C) groups is 1. The minimum Gasteiger partial charge on any atom is -0.494 e. The summed E-state index contributed by atoms with van der Waals surface area (Å²) in [5.74, 6) is -0.343. The number of aromatic nitrogens is 1. The van der Waals surface area contributed by atoms with Crippen molar-refractivity contribution in [1.82, 2.24) is 10.3 Å². The normalized spacial score (nSPS) is 11.5. The lowest BCUT2D eigenvalue weighted by Gasteiger charge is -2.09. The van der Waals surface area contributed by atoms with Gasteiger partial charge in [-0.3, -0.25) is 14.9 Å². The Balaban J connectivity index is 1.64. The smallest absolute Gasteiger partial charge is 0.307 e. The van der Waals surface area contributed by atoms with Crippen molar-refractivity contribution in [2.75, 3.05) is 13.2 Å². The molecule has 0 fully saturated rings. The molecule has 36 heavy (non-hydrogen) atoms. The van der Waals surface area contributed by atoms with Gasteiger partial charge in [0.1, 0.15) is 0 Å². The summed E-state index contributed by atoms with van der Waals surface area (Å²) < 4.78 is 4.92. The Kier molecular flexibility index (Phi) is 7.72. The largest absolute Gasteiger partial charge is 0.494 e. The Hall–Kier alpha value is -4.50. The van der Waals surface area contributed by atoms with E-state index in [4.69, 9.17) is 9.73 Å². The number of carbonyl (C=O) groups excluding carboxylic acids is 1. The van der Waals surface area contributed by atoms with Crippen molar-refractivity contribution in [3.63, 3.8) is 0 Å². The van der Waals surface area contributed by atoms with Crippen LogP contribution >= 0.6 is 0 Å². The number of hydrogen-bond acceptors (Lipinski definition) is 7. The van der Waals surface area contributed by atoms with Gasteiger partial charge in [0.2, 0.25) is 0 Å². The number of nitro groups is 1. The minimum atomic E-state index is -0.466. The fourth-order valence-electron chi connectivity index (χ4n) is 3.85. The number of fused-ring (bicyclic) bond motifs is 1. The number of ether oxygens (including phenoxy) is 1. The fraction of sp³-hybridized carbons (Fsp3) is 0.185. The number of hydrogen-bond donors (Lipinski definition) is 3. The fourth-order valence-corrected chi connectivity index (χ4v) is 3.85. The van der Waals surface area contributed by atoms with Crippen LogP contribution in [0.4, 0.5) is 11.4 Å². The number of rotatable bonds is 10. The summed E-state index contributed by atoms with van der Waals surface area (Å²) in [7, 11) is 0. The third-order valence-corrected chi connectivity index (χ3v) is 5.57. The lowest BCUT2D eigenvalue weighted by molar-refractivity contribution is -0.384. The van der Waals surface area contributed by atoms with E-state index < -0.39 is 4.92 Å². The summed E-state index contributed by atoms with van der Waals surface area (Å²) in [6, 6.07) is 21.3. The van der Waals surface area contributed by atoms with Crippen molar-refractivity contribution >= 4 is 34.0 Å². The number of nitro benzene ring substituents is 1. The average molecular weight is 487 g/mol. The molecule has 1 heterocycles. The minimum absolute atomic E-state index is 0.0741. The lowest BCUT2D eigenvalue weighted by Crippen LogP contribution is -2.18. The number of esters is 1. The molecule has 0 saturated heterocycles. The number of non-ortho nitro benzene ring substituents is 1. The molecule has 0 spiro atoms. The molecule has 0 aliphatic rings. The lowest BCUT2D eigenvalue weighted by atomic mass is 10.0. The summed E-state index contributed by atoms with van der Waals surface area (Å²) in [5, 5.41) is 25.8. The highest BCUT2D eigenvalue weighted by molar-refractivity contribution is 6.22. The predicted octanol–water partition coefficient (Wildman–Crippen LogP) is 4.99. The van der Waals surface area contributed by atoms with E-state index in [1.54, 1.807) is 13.0 Å². The van der Waals surface area contributed by atoms with E-state index in [1.165, 1.54) is 12.1 Å². The first-order valence-corrected chi connectivity index (χ1v) is 11.5. The Morgan fingerprint density at radius 3 is 2.56 bits per heavy atom. The second-order valence-electron chi connectivity index (χ2n) is 8.06. The maximum Gasteiger partial charge on any atom is 0.307 e. The summed E-state index contributed by atoms with van der Waals surface area (Å²) in [6.45, 7) is 3.26. The molecule has 0 bridgehead atoms. The molecule has 0 atom stereocenters. The van der Waals surface area contributed by atoms with Gasteiger partial charge in [0.15, 0.2) is 5.88 Å². The number of nitrogens with zero attached hydrogens (tertiary/aromatic N) is 2. The zero-order valence-corrected chi connectivity index (χ0v) is 19.7. The van der Waals surface area contributed by atoms with Crippen LogP contribution in [0.3, 0.4) is 0 Å². The van der Waals surface area contributed by atoms with Crippen LogP contribution < -0.4 is 5.32 Å². The van der Waals surface area contributed by atoms with Gasteiger partial charge in [-0.05, 0) is 30.7 Å². The monoisotopic (exact) mass is 486 g/mol. The quantitative estimate of drug-likeness (QED) is 0.0951. The molecular weight excluding hydrogens is 460 g/mol. The Morgan fingerprint density at radius 1 is 1.11 bits per heavy atom. The zero-order chi connectivity index (χ0) is 25.5. The highest BCUT2D eigenvalue weighted by Crippen LogP contribution is 2.33. The van der Waals surface area contributed by atoms with Crippen molar-refractivity contribution in [3.8, 4) is 5.88 Å². The van der Waals surface area contributed by atoms with E-state index in [2.05, 4.69) is 10.3 Å². The third-order valence-electron chi connectivity index (χ3n) is 5.57. The van der Waals surface area contributed by atoms with Gasteiger partial charge in [0.25, 0.3) is 5.69 Å². The van der Waals surface area contributed by atoms with Crippen molar-refractivity contribution in [1.29, 1.82) is 0 Å². The molecule has 184 valence electrons. The van der Waals surface area contributed by atoms with Gasteiger partial charge in [-0.25, -0.2) is 4.99 Å². The topological polar surface area (TPSA) is 130 Å². The summed E-state index contributed by atoms with van der Waals surface area (Å²) in [4.78, 5) is 30.1. The highest BCUT2D eigenvalue weighted by Gasteiger charge is 2.20. The zero-order valence-electron chi connectivity index (χ0n) is 19.7. The van der Waals surface area contributed by atoms with Gasteiger partial charge in [0.05, 0.1) is 34.9 Å². The van der Waals surface area contributed by atoms with Crippen LogP contribution in [0.25, 0.3) is 10.9 Å². The highest BCUT2D eigenvalue weighted by atomic mass is 16.6. The molecule has 4 aromatic rings. The second-order valence-corrected chi connectivity index (χ2v) is 8.06. The summed E-state index contributed by atoms with van der Waals surface area (Å²) in [6.07, 6.45) is 0.308. The van der Waals surface area contributed by atoms with Gasteiger partial charge < -0.3 is 20.1 Å². The van der Waals surface area contributed by atoms with Crippen LogP contribution in [0, 0.1) is 10.1 Å². The molecule has 0 aliphatic carbocycles. The van der Waals surface area contributed by atoms with Crippen LogP contribution in [-0.4, -0.2) is 39.8 Å². The van der Waals surface area contributed by atoms with Crippen molar-refractivity contribution in [2.24, 2.45) is 4.99 Å². The van der Waals surface area contributed by atoms with Crippen LogP contribution in [-0.2, 0) is 16.1 Å². The molecule has 1 aromatic heterocycles. The molecular formula is C27H26N4O5. The molecule has 3 N–H and O–H groups in total. The van der Waals surface area contributed by atoms with E-state index in [-0.39, 0.29) is 17.5 Å². The summed E-state index contributed by atoms with van der Waals surface area (Å²) >= 11 is 0. The standard InChI is InChI=1S/C27H26N4O5/c1-2-36-24(32)14-15-28-17-18-8-10-20(11-9-18)29-26(19-6-4-3-5-7-19)25-22-16-21(31(34)35)12-13-23(22)30-27(25)33/h3-13,16,28,30,33H,2,14-15,17H2,1H3. The molecule has 4 rings (SSSR count). The number of H-pyrrole nitrogens is 1. The van der Waals surface area contributed by atoms with Crippen molar-refractivity contribution in [3.05, 3.63) is 99.6 Å². The molecule has 0 unspecified atom stereocenters. The maximum absolute atomic E-state index is 11.4. The average Bonchev–Trinajstić information content (AvgIpc) is 3.21. The van der Waals surface area contributed by atoms with Gasteiger partial charge in [-0.2, -0.15) is 0 Å². The van der Waals surface area contributed by atoms with Gasteiger partial charge in [-0.15, -0.1) is 0 Å². The molecule has 0 amide bonds. The summed E-state index contributed by atoms with van der Waals surface area (Å²) in [5.41, 5.74) is 3.80. The van der Waals surface area contributed by atoms with E-state index in [9.17, 15) is 20.0 Å². The van der Waals surface area contributed by atoms with Gasteiger partial charge >= 0.3 is 5.97 Å². The number of aromatic amines is 1. The molecule has 0 saturated carbocycles. The van der Waals surface area contributed by atoms with Crippen molar-refractivity contribution < 1.29 is 19.6 Å². The van der Waals surface area contributed by atoms with E-state index in [0.717, 1.165) is 11.1 Å². The Morgan fingerprint density at radius 2 is 1.86 bits per heavy atom. The Labute approximate surface area is 207 Å². The van der Waals surface area contributed by atoms with E-state index in [0.29, 0.717) is 54.0 Å². The SMILES string of the molecule is CCOC(=O)CCNCc1ccc(N=C(c2ccccc2)c2c(O)[nH]c3ccc([N+](=O)[O-])cc23)cc1. The number of nitrogens with one attached hydrogen (secondary N) is 2. The number of aromatic hydroxyl groups is 1. The van der Waals surface area contributed by atoms with Crippen LogP contribution in [0.15, 0.2) is 77.8 Å². The predicted molar refractivity (Wildman–Crippen MR) is 138 cm³/mol. The van der Waals surface area contributed by atoms with Crippen molar-refractivity contribution in [2.45, 2.75) is 19.9 Å². The van der Waals surface area contributed by atoms with E-state index in [1.807, 2.05) is 54.6 Å². The van der Waals surface area contributed by atoms with Gasteiger partial charge in [-0.1, -0.05) is 42.5 Å². The van der Waals surface area contributed by atoms with Crippen LogP contribution in [0.2, 0.25) is 0 Å². The Bertz CT molecular complexity index is 1400. The second kappa shape index (κ2) is 11.3. The molecule has 9 heteroatoms. The molecule has 0 aliphatic heterocycles. The van der Waals surface area contributed by atoms with E-state index >= 15 is 0 Å². The van der Waals surface area contributed by atoms with Gasteiger partial charge in [0, 0.05) is 41.7 Å². The van der Waals surface area contributed by atoms with Crippen LogP contribution in [0.5, 0.6) is 5.88 Å². The molecule has 0 radical (unpaired) electrons. The first-order chi connectivity index (χ1) is 17.5. The number of benzene rings is 3. The first-order valence-electron chi connectivity index (χ1n) is 11.5. The first kappa shape index (κ1) is 24.6. The number of carbonyl (C=O) groups is 1. The third kappa shape index (κ3) is 5.76.